The van der Waals surface area contributed by atoms with Gasteiger partial charge in [-0.1, -0.05) is 38.3 Å². The Bertz CT molecular complexity index is 187. The Morgan fingerprint density at radius 3 is 2.62 bits per heavy atom. The van der Waals surface area contributed by atoms with Crippen LogP contribution >= 0.6 is 0 Å². The van der Waals surface area contributed by atoms with Gasteiger partial charge in [0.2, 0.25) is 0 Å². The normalized spacial score (nSPS) is 13.3. The van der Waals surface area contributed by atoms with E-state index in [1.54, 1.807) is 0 Å². The number of nitrogens with zero attached hydrogens (tertiary/aromatic N) is 1. The number of rotatable bonds is 6. The van der Waals surface area contributed by atoms with Crippen molar-refractivity contribution in [3.05, 3.63) is 23.9 Å². The fourth-order valence-corrected chi connectivity index (χ4v) is 1.000. The minimum Gasteiger partial charge on any atom is -0.265 e. The van der Waals surface area contributed by atoms with Crippen molar-refractivity contribution >= 4 is 6.21 Å². The molecule has 0 saturated heterocycles. The summed E-state index contributed by atoms with van der Waals surface area (Å²) in [5.74, 6) is 0. The van der Waals surface area contributed by atoms with Gasteiger partial charge in [-0.25, -0.2) is 0 Å². The summed E-state index contributed by atoms with van der Waals surface area (Å²) in [7, 11) is 0. The number of allylic oxidation sites excluding steroid dienone is 3. The van der Waals surface area contributed by atoms with Crippen LogP contribution in [0.1, 0.15) is 46.5 Å². The van der Waals surface area contributed by atoms with E-state index in [0.29, 0.717) is 0 Å². The second kappa shape index (κ2) is 9.24. The molecule has 0 bridgehead atoms. The van der Waals surface area contributed by atoms with E-state index in [2.05, 4.69) is 37.9 Å². The molecule has 0 atom stereocenters. The average molecular weight is 179 g/mol. The Balaban J connectivity index is 3.66. The summed E-state index contributed by atoms with van der Waals surface area (Å²) in [6.07, 6.45) is 12.6. The zero-order valence-corrected chi connectivity index (χ0v) is 9.09. The molecule has 0 aromatic heterocycles. The molecule has 74 valence electrons. The molecule has 0 fully saturated rings. The van der Waals surface area contributed by atoms with Gasteiger partial charge in [0.25, 0.3) is 0 Å². The molecule has 1 nitrogen and oxygen atoms in total. The van der Waals surface area contributed by atoms with Crippen LogP contribution in [0.3, 0.4) is 0 Å². The quantitative estimate of drug-likeness (QED) is 0.544. The molecule has 0 radical (unpaired) electrons. The van der Waals surface area contributed by atoms with Crippen LogP contribution in [-0.4, -0.2) is 6.21 Å². The first kappa shape index (κ1) is 12.2. The van der Waals surface area contributed by atoms with Crippen LogP contribution in [0.25, 0.3) is 0 Å². The molecule has 1 heteroatoms. The maximum absolute atomic E-state index is 4.15. The molecule has 0 aliphatic heterocycles. The molecule has 0 unspecified atom stereocenters. The van der Waals surface area contributed by atoms with Crippen LogP contribution in [0, 0.1) is 0 Å². The SMILES string of the molecule is CCC/C=C/N=C/C=C(\C)CCC. The van der Waals surface area contributed by atoms with Crippen LogP contribution in [-0.2, 0) is 0 Å². The largest absolute Gasteiger partial charge is 0.265 e. The van der Waals surface area contributed by atoms with Crippen molar-refractivity contribution in [2.75, 3.05) is 0 Å². The molecule has 0 saturated carbocycles. The van der Waals surface area contributed by atoms with Crippen molar-refractivity contribution < 1.29 is 0 Å². The second-order valence-corrected chi connectivity index (χ2v) is 3.23. The Kier molecular flexibility index (Phi) is 8.64. The topological polar surface area (TPSA) is 12.4 Å². The summed E-state index contributed by atoms with van der Waals surface area (Å²) in [5, 5.41) is 0. The molecule has 0 aromatic carbocycles. The van der Waals surface area contributed by atoms with Gasteiger partial charge in [-0.3, -0.25) is 4.99 Å². The van der Waals surface area contributed by atoms with Crippen molar-refractivity contribution in [1.29, 1.82) is 0 Å². The van der Waals surface area contributed by atoms with E-state index in [0.717, 1.165) is 6.42 Å². The highest BCUT2D eigenvalue weighted by atomic mass is 14.6. The van der Waals surface area contributed by atoms with E-state index in [-0.39, 0.29) is 0 Å². The average Bonchev–Trinajstić information content (AvgIpc) is 2.11. The summed E-state index contributed by atoms with van der Waals surface area (Å²) in [4.78, 5) is 4.15. The van der Waals surface area contributed by atoms with Gasteiger partial charge in [0.05, 0.1) is 0 Å². The van der Waals surface area contributed by atoms with Crippen molar-refractivity contribution in [3.63, 3.8) is 0 Å². The van der Waals surface area contributed by atoms with E-state index in [9.17, 15) is 0 Å². The van der Waals surface area contributed by atoms with E-state index in [4.69, 9.17) is 0 Å². The fraction of sp³-hybridized carbons (Fsp3) is 0.583. The van der Waals surface area contributed by atoms with E-state index < -0.39 is 0 Å². The smallest absolute Gasteiger partial charge is 0.0267 e. The Hall–Kier alpha value is -0.850. The highest BCUT2D eigenvalue weighted by Crippen LogP contribution is 2.00. The molecular weight excluding hydrogens is 158 g/mol. The van der Waals surface area contributed by atoms with Gasteiger partial charge in [-0.05, 0) is 25.8 Å². The highest BCUT2D eigenvalue weighted by molar-refractivity contribution is 5.72. The summed E-state index contributed by atoms with van der Waals surface area (Å²) >= 11 is 0. The molecule has 0 rings (SSSR count). The molecule has 0 heterocycles. The predicted molar refractivity (Wildman–Crippen MR) is 61.2 cm³/mol. The molecule has 0 amide bonds. The molecular formula is C12H21N. The Morgan fingerprint density at radius 2 is 2.00 bits per heavy atom. The van der Waals surface area contributed by atoms with E-state index >= 15 is 0 Å². The van der Waals surface area contributed by atoms with Gasteiger partial charge in [0, 0.05) is 12.4 Å². The summed E-state index contributed by atoms with van der Waals surface area (Å²) in [6.45, 7) is 6.50. The minimum atomic E-state index is 1.12. The van der Waals surface area contributed by atoms with Crippen LogP contribution in [0.2, 0.25) is 0 Å². The van der Waals surface area contributed by atoms with Crippen molar-refractivity contribution in [2.24, 2.45) is 4.99 Å². The zero-order chi connectivity index (χ0) is 9.94. The van der Waals surface area contributed by atoms with E-state index in [1.165, 1.54) is 24.8 Å². The van der Waals surface area contributed by atoms with Gasteiger partial charge in [0.1, 0.15) is 0 Å². The zero-order valence-electron chi connectivity index (χ0n) is 9.09. The third-order valence-electron chi connectivity index (χ3n) is 1.74. The first-order valence-electron chi connectivity index (χ1n) is 5.15. The molecule has 13 heavy (non-hydrogen) atoms. The van der Waals surface area contributed by atoms with Crippen molar-refractivity contribution in [3.8, 4) is 0 Å². The standard InChI is InChI=1S/C12H21N/c1-4-6-7-10-13-11-9-12(3)8-5-2/h7,9-11H,4-6,8H2,1-3H3/b10-7+,12-9+,13-11+. The van der Waals surface area contributed by atoms with Gasteiger partial charge in [-0.15, -0.1) is 0 Å². The maximum Gasteiger partial charge on any atom is 0.0267 e. The second-order valence-electron chi connectivity index (χ2n) is 3.23. The van der Waals surface area contributed by atoms with E-state index in [1.807, 2.05) is 12.4 Å². The maximum atomic E-state index is 4.15. The summed E-state index contributed by atoms with van der Waals surface area (Å²) < 4.78 is 0. The Morgan fingerprint density at radius 1 is 1.23 bits per heavy atom. The number of hydrogen-bond donors (Lipinski definition) is 0. The van der Waals surface area contributed by atoms with Gasteiger partial charge >= 0.3 is 0 Å². The molecule has 0 aliphatic carbocycles. The van der Waals surface area contributed by atoms with Gasteiger partial charge in [-0.2, -0.15) is 0 Å². The lowest BCUT2D eigenvalue weighted by Crippen LogP contribution is -1.75. The lowest BCUT2D eigenvalue weighted by molar-refractivity contribution is 0.907. The molecule has 0 aromatic rings. The van der Waals surface area contributed by atoms with Crippen molar-refractivity contribution in [2.45, 2.75) is 46.5 Å². The lowest BCUT2D eigenvalue weighted by Gasteiger charge is -1.92. The van der Waals surface area contributed by atoms with Gasteiger partial charge in [0.15, 0.2) is 0 Å². The fourth-order valence-electron chi connectivity index (χ4n) is 1.000. The number of unbranched alkanes of at least 4 members (excludes halogenated alkanes) is 1. The molecule has 0 spiro atoms. The summed E-state index contributed by atoms with van der Waals surface area (Å²) in [5.41, 5.74) is 1.40. The minimum absolute atomic E-state index is 1.12. The molecule has 0 aliphatic rings. The van der Waals surface area contributed by atoms with Gasteiger partial charge < -0.3 is 0 Å². The predicted octanol–water partition coefficient (Wildman–Crippen LogP) is 4.12. The van der Waals surface area contributed by atoms with Crippen molar-refractivity contribution in [1.82, 2.24) is 0 Å². The first-order chi connectivity index (χ1) is 6.31. The first-order valence-corrected chi connectivity index (χ1v) is 5.15. The monoisotopic (exact) mass is 179 g/mol. The van der Waals surface area contributed by atoms with Crippen LogP contribution in [0.15, 0.2) is 28.9 Å². The number of aliphatic imine (C=N–C) groups is 1. The summed E-state index contributed by atoms with van der Waals surface area (Å²) in [6, 6.07) is 0. The molecule has 0 N–H and O–H groups in total. The number of hydrogen-bond acceptors (Lipinski definition) is 1. The highest BCUT2D eigenvalue weighted by Gasteiger charge is 1.82. The lowest BCUT2D eigenvalue weighted by atomic mass is 10.2. The Labute approximate surface area is 82.3 Å². The third-order valence-corrected chi connectivity index (χ3v) is 1.74. The third kappa shape index (κ3) is 9.06. The van der Waals surface area contributed by atoms with Crippen LogP contribution in [0.5, 0.6) is 0 Å². The van der Waals surface area contributed by atoms with Crippen LogP contribution in [0.4, 0.5) is 0 Å². The van der Waals surface area contributed by atoms with Crippen LogP contribution < -0.4 is 0 Å².